The molecule has 1 fully saturated rings. The molecule has 164 valence electrons. The lowest BCUT2D eigenvalue weighted by atomic mass is 9.97. The Balaban J connectivity index is 1.09. The molecule has 3 heterocycles. The van der Waals surface area contributed by atoms with Gasteiger partial charge in [-0.3, -0.25) is 4.79 Å². The Morgan fingerprint density at radius 1 is 1.09 bits per heavy atom. The van der Waals surface area contributed by atoms with Crippen LogP contribution in [0, 0.1) is 0 Å². The first-order valence-corrected chi connectivity index (χ1v) is 12.1. The van der Waals surface area contributed by atoms with E-state index in [4.69, 9.17) is 21.1 Å². The van der Waals surface area contributed by atoms with Crippen LogP contribution >= 0.6 is 22.9 Å². The molecule has 1 saturated heterocycles. The molecule has 0 atom stereocenters. The highest BCUT2D eigenvalue weighted by molar-refractivity contribution is 7.18. The fourth-order valence-corrected chi connectivity index (χ4v) is 5.32. The highest BCUT2D eigenvalue weighted by Crippen LogP contribution is 2.34. The second-order valence-electron chi connectivity index (χ2n) is 8.05. The Hall–Kier alpha value is -2.77. The molecule has 0 spiro atoms. The predicted octanol–water partition coefficient (Wildman–Crippen LogP) is 5.73. The molecule has 0 radical (unpaired) electrons. The number of rotatable bonds is 6. The number of nitrogens with zero attached hydrogens (tertiary/aromatic N) is 4. The summed E-state index contributed by atoms with van der Waals surface area (Å²) < 4.78 is 6.58. The molecule has 0 aliphatic carbocycles. The molecule has 0 unspecified atom stereocenters. The summed E-state index contributed by atoms with van der Waals surface area (Å²) in [7, 11) is 0. The van der Waals surface area contributed by atoms with Crippen molar-refractivity contribution in [3.05, 3.63) is 64.5 Å². The van der Waals surface area contributed by atoms with Crippen molar-refractivity contribution in [2.75, 3.05) is 13.1 Å². The summed E-state index contributed by atoms with van der Waals surface area (Å²) in [6, 6.07) is 15.6. The normalized spacial score (nSPS) is 14.8. The number of aryl methyl sites for hydroxylation is 1. The van der Waals surface area contributed by atoms with Crippen molar-refractivity contribution in [1.82, 2.24) is 20.0 Å². The maximum atomic E-state index is 12.7. The second-order valence-corrected chi connectivity index (χ2v) is 9.55. The Kier molecular flexibility index (Phi) is 6.19. The van der Waals surface area contributed by atoms with E-state index in [0.29, 0.717) is 41.9 Å². The highest BCUT2D eigenvalue weighted by Gasteiger charge is 2.25. The smallest absolute Gasteiger partial charge is 0.226 e. The molecule has 6 nitrogen and oxygen atoms in total. The maximum absolute atomic E-state index is 12.7. The van der Waals surface area contributed by atoms with Gasteiger partial charge in [-0.1, -0.05) is 28.9 Å². The van der Waals surface area contributed by atoms with Gasteiger partial charge in [0.15, 0.2) is 0 Å². The molecule has 0 bridgehead atoms. The van der Waals surface area contributed by atoms with Gasteiger partial charge in [-0.15, -0.1) is 11.3 Å². The first-order chi connectivity index (χ1) is 15.7. The lowest BCUT2D eigenvalue weighted by Gasteiger charge is -2.31. The molecule has 0 N–H and O–H groups in total. The standard InChI is InChI=1S/C24H23ClN4O2S/c25-18-10-8-16(9-11-18)23-27-21(31-28-23)6-3-7-22(30)29-14-12-17(13-15-29)24-26-19-4-1-2-5-20(19)32-24/h1-2,4-5,8-11,17H,3,6-7,12-15H2. The van der Waals surface area contributed by atoms with Gasteiger partial charge in [0.1, 0.15) is 0 Å². The molecular formula is C24H23ClN4O2S. The third kappa shape index (κ3) is 4.69. The maximum Gasteiger partial charge on any atom is 0.226 e. The third-order valence-corrected chi connectivity index (χ3v) is 7.31. The van der Waals surface area contributed by atoms with Gasteiger partial charge in [-0.25, -0.2) is 4.98 Å². The highest BCUT2D eigenvalue weighted by atomic mass is 35.5. The quantitative estimate of drug-likeness (QED) is 0.363. The minimum absolute atomic E-state index is 0.199. The fraction of sp³-hybridized carbons (Fsp3) is 0.333. The van der Waals surface area contributed by atoms with Gasteiger partial charge >= 0.3 is 0 Å². The number of hydrogen-bond donors (Lipinski definition) is 0. The number of benzene rings is 2. The van der Waals surface area contributed by atoms with Gasteiger partial charge in [0, 0.05) is 42.4 Å². The van der Waals surface area contributed by atoms with Crippen molar-refractivity contribution in [2.45, 2.75) is 38.0 Å². The number of fused-ring (bicyclic) bond motifs is 1. The van der Waals surface area contributed by atoms with Crippen LogP contribution in [0.5, 0.6) is 0 Å². The molecule has 0 saturated carbocycles. The summed E-state index contributed by atoms with van der Waals surface area (Å²) in [6.45, 7) is 1.58. The topological polar surface area (TPSA) is 72.1 Å². The SMILES string of the molecule is O=C(CCCc1nc(-c2ccc(Cl)cc2)no1)N1CCC(c2nc3ccccc3s2)CC1. The van der Waals surface area contributed by atoms with E-state index in [1.165, 1.54) is 9.71 Å². The molecule has 1 amide bonds. The summed E-state index contributed by atoms with van der Waals surface area (Å²) in [6.07, 6.45) is 3.72. The molecule has 2 aromatic heterocycles. The number of carbonyl (C=O) groups excluding carboxylic acids is 1. The van der Waals surface area contributed by atoms with Crippen molar-refractivity contribution in [1.29, 1.82) is 0 Å². The Morgan fingerprint density at radius 3 is 2.66 bits per heavy atom. The van der Waals surface area contributed by atoms with E-state index in [0.717, 1.165) is 37.0 Å². The number of thiazole rings is 1. The average molecular weight is 467 g/mol. The van der Waals surface area contributed by atoms with Gasteiger partial charge in [0.2, 0.25) is 17.6 Å². The first kappa shape index (κ1) is 21.1. The molecule has 5 rings (SSSR count). The Labute approximate surface area is 195 Å². The van der Waals surface area contributed by atoms with Crippen LogP contribution in [0.2, 0.25) is 5.02 Å². The van der Waals surface area contributed by atoms with Crippen LogP contribution in [-0.2, 0) is 11.2 Å². The summed E-state index contributed by atoms with van der Waals surface area (Å²) in [5.74, 6) is 1.74. The molecular weight excluding hydrogens is 444 g/mol. The van der Waals surface area contributed by atoms with Crippen LogP contribution in [0.3, 0.4) is 0 Å². The van der Waals surface area contributed by atoms with Crippen LogP contribution in [-0.4, -0.2) is 39.0 Å². The number of amides is 1. The Morgan fingerprint density at radius 2 is 1.88 bits per heavy atom. The van der Waals surface area contributed by atoms with Crippen LogP contribution in [0.1, 0.15) is 42.5 Å². The van der Waals surface area contributed by atoms with Crippen LogP contribution in [0.4, 0.5) is 0 Å². The van der Waals surface area contributed by atoms with Crippen molar-refractivity contribution in [3.8, 4) is 11.4 Å². The van der Waals surface area contributed by atoms with Crippen LogP contribution in [0.25, 0.3) is 21.6 Å². The number of likely N-dealkylation sites (tertiary alicyclic amines) is 1. The zero-order valence-corrected chi connectivity index (χ0v) is 19.1. The lowest BCUT2D eigenvalue weighted by Crippen LogP contribution is -2.37. The zero-order valence-electron chi connectivity index (χ0n) is 17.5. The van der Waals surface area contributed by atoms with Crippen molar-refractivity contribution < 1.29 is 9.32 Å². The summed E-state index contributed by atoms with van der Waals surface area (Å²) in [4.78, 5) is 23.9. The molecule has 1 aliphatic rings. The van der Waals surface area contributed by atoms with E-state index >= 15 is 0 Å². The monoisotopic (exact) mass is 466 g/mol. The predicted molar refractivity (Wildman–Crippen MR) is 126 cm³/mol. The van der Waals surface area contributed by atoms with Gasteiger partial charge in [-0.05, 0) is 55.7 Å². The average Bonchev–Trinajstić information content (AvgIpc) is 3.47. The summed E-state index contributed by atoms with van der Waals surface area (Å²) in [5.41, 5.74) is 1.93. The van der Waals surface area contributed by atoms with Crippen molar-refractivity contribution in [3.63, 3.8) is 0 Å². The zero-order chi connectivity index (χ0) is 21.9. The number of halogens is 1. The van der Waals surface area contributed by atoms with E-state index in [1.807, 2.05) is 23.1 Å². The minimum atomic E-state index is 0.199. The first-order valence-electron chi connectivity index (χ1n) is 10.9. The van der Waals surface area contributed by atoms with E-state index < -0.39 is 0 Å². The lowest BCUT2D eigenvalue weighted by molar-refractivity contribution is -0.132. The molecule has 32 heavy (non-hydrogen) atoms. The van der Waals surface area contributed by atoms with Gasteiger partial charge in [0.05, 0.1) is 15.2 Å². The molecule has 4 aromatic rings. The summed E-state index contributed by atoms with van der Waals surface area (Å²) in [5, 5.41) is 5.89. The fourth-order valence-electron chi connectivity index (χ4n) is 4.06. The second kappa shape index (κ2) is 9.38. The molecule has 8 heteroatoms. The number of aromatic nitrogens is 3. The largest absolute Gasteiger partial charge is 0.343 e. The number of piperidine rings is 1. The van der Waals surface area contributed by atoms with E-state index in [-0.39, 0.29) is 5.91 Å². The van der Waals surface area contributed by atoms with Gasteiger partial charge in [-0.2, -0.15) is 4.98 Å². The van der Waals surface area contributed by atoms with E-state index in [1.54, 1.807) is 23.5 Å². The van der Waals surface area contributed by atoms with Gasteiger partial charge < -0.3 is 9.42 Å². The number of hydrogen-bond acceptors (Lipinski definition) is 6. The van der Waals surface area contributed by atoms with Gasteiger partial charge in [0.25, 0.3) is 0 Å². The van der Waals surface area contributed by atoms with E-state index in [9.17, 15) is 4.79 Å². The third-order valence-electron chi connectivity index (χ3n) is 5.86. The van der Waals surface area contributed by atoms with Crippen molar-refractivity contribution >= 4 is 39.1 Å². The molecule has 1 aliphatic heterocycles. The number of carbonyl (C=O) groups is 1. The van der Waals surface area contributed by atoms with Crippen LogP contribution < -0.4 is 0 Å². The van der Waals surface area contributed by atoms with E-state index in [2.05, 4.69) is 28.3 Å². The number of para-hydroxylation sites is 1. The summed E-state index contributed by atoms with van der Waals surface area (Å²) >= 11 is 7.70. The Bertz CT molecular complexity index is 1180. The molecule has 2 aromatic carbocycles. The van der Waals surface area contributed by atoms with Crippen molar-refractivity contribution in [2.24, 2.45) is 0 Å². The van der Waals surface area contributed by atoms with Crippen LogP contribution in [0.15, 0.2) is 53.1 Å². The minimum Gasteiger partial charge on any atom is -0.343 e.